The van der Waals surface area contributed by atoms with Crippen LogP contribution < -0.4 is 0 Å². The minimum atomic E-state index is 0. The second kappa shape index (κ2) is 26.7. The summed E-state index contributed by atoms with van der Waals surface area (Å²) in [5, 5.41) is 0. The minimum Gasteiger partial charge on any atom is -0.265 e. The molecule has 1 aromatic heterocycles. The van der Waals surface area contributed by atoms with Crippen LogP contribution in [0.25, 0.3) is 0 Å². The Morgan fingerprint density at radius 1 is 0.440 bits per heavy atom. The second-order valence-electron chi connectivity index (χ2n) is 5.95. The molecule has 132 valence electrons. The van der Waals surface area contributed by atoms with Gasteiger partial charge in [-0.25, -0.2) is 0 Å². The van der Waals surface area contributed by atoms with Crippen molar-refractivity contribution < 1.29 is 26.2 Å². The second-order valence-corrected chi connectivity index (χ2v) is 11.9. The summed E-state index contributed by atoms with van der Waals surface area (Å²) in [5.41, 5.74) is 0. The molecule has 1 aromatic rings. The molecule has 0 saturated heterocycles. The number of aromatic nitrogens is 1. The third kappa shape index (κ3) is 45.5. The van der Waals surface area contributed by atoms with Crippen LogP contribution >= 0.6 is 0 Å². The predicted octanol–water partition coefficient (Wildman–Crippen LogP) is 5.86. The molecule has 0 bridgehead atoms. The zero-order valence-corrected chi connectivity index (χ0v) is 21.1. The first-order valence-electron chi connectivity index (χ1n) is 8.18. The Balaban J connectivity index is -0.000000242. The molecule has 25 heavy (non-hydrogen) atoms. The maximum atomic E-state index is 3.78. The molecule has 0 atom stereocenters. The summed E-state index contributed by atoms with van der Waals surface area (Å²) in [5.74, 6) is 0. The maximum absolute atomic E-state index is 3.78. The summed E-state index contributed by atoms with van der Waals surface area (Å²) >= 11 is 0. The molecule has 12 radical (unpaired) electrons. The third-order valence-electron chi connectivity index (χ3n) is 1.68. The van der Waals surface area contributed by atoms with Gasteiger partial charge in [-0.05, 0) is 76.3 Å². The van der Waals surface area contributed by atoms with Crippen LogP contribution in [0.15, 0.2) is 30.6 Å². The third-order valence-corrected chi connectivity index (χ3v) is 1.68. The van der Waals surface area contributed by atoms with E-state index >= 15 is 0 Å². The molecule has 0 unspecified atom stereocenters. The Morgan fingerprint density at radius 3 is 0.720 bits per heavy atom. The molecule has 2 aliphatic rings. The standard InChI is InChI=1S/C5H5N.2C5H5.2C3H9Si.Zr/c1-2-4-6-5-3-1;2*1-2-4-5-3-1;2*1-4(2)3;/h1-5H;2*1-5H;2*1-3H3;/q;;;;;+2. The van der Waals surface area contributed by atoms with Crippen LogP contribution in [0.4, 0.5) is 0 Å². The Kier molecular flexibility index (Phi) is 32.2. The van der Waals surface area contributed by atoms with Gasteiger partial charge < -0.3 is 0 Å². The van der Waals surface area contributed by atoms with Crippen molar-refractivity contribution in [2.45, 2.75) is 39.3 Å². The van der Waals surface area contributed by atoms with Crippen LogP contribution in [0.5, 0.6) is 0 Å². The largest absolute Gasteiger partial charge is 2.00 e. The van der Waals surface area contributed by atoms with Gasteiger partial charge in [-0.15, -0.1) is 0 Å². The SMILES string of the molecule is C[Si](C)C.C[Si](C)C.[CH]1[CH][CH][CH][CH]1.[CH]1[CH][CH][CH][CH]1.[Zr+2].c1ccncc1. The number of nitrogens with zero attached hydrogens (tertiary/aromatic N) is 1. The van der Waals surface area contributed by atoms with Gasteiger partial charge in [0.15, 0.2) is 0 Å². The van der Waals surface area contributed by atoms with Crippen LogP contribution in [-0.4, -0.2) is 22.6 Å². The molecule has 3 rings (SSSR count). The summed E-state index contributed by atoms with van der Waals surface area (Å²) in [7, 11) is 0.241. The zero-order chi connectivity index (χ0) is 18.5. The van der Waals surface area contributed by atoms with Gasteiger partial charge in [0.25, 0.3) is 0 Å². The topological polar surface area (TPSA) is 12.9 Å². The van der Waals surface area contributed by atoms with E-state index in [-0.39, 0.29) is 43.8 Å². The monoisotopic (exact) mass is 445 g/mol. The van der Waals surface area contributed by atoms with Crippen molar-refractivity contribution >= 4 is 17.6 Å². The molecule has 1 nitrogen and oxygen atoms in total. The first kappa shape index (κ1) is 30.2. The van der Waals surface area contributed by atoms with Crippen LogP contribution in [0.2, 0.25) is 39.3 Å². The average Bonchev–Trinajstić information content (AvgIpc) is 3.27. The fourth-order valence-electron chi connectivity index (χ4n) is 0.954. The number of pyridine rings is 1. The Bertz CT molecular complexity index is 237. The quantitative estimate of drug-likeness (QED) is 0.455. The summed E-state index contributed by atoms with van der Waals surface area (Å²) in [4.78, 5) is 3.78. The molecule has 1 heterocycles. The molecule has 0 amide bonds. The molecule has 0 N–H and O–H groups in total. The van der Waals surface area contributed by atoms with Gasteiger partial charge in [0.1, 0.15) is 0 Å². The van der Waals surface area contributed by atoms with Crippen molar-refractivity contribution in [3.05, 3.63) is 94.8 Å². The zero-order valence-electron chi connectivity index (χ0n) is 16.6. The molecule has 4 heteroatoms. The van der Waals surface area contributed by atoms with Gasteiger partial charge >= 0.3 is 26.2 Å². The Morgan fingerprint density at radius 2 is 0.640 bits per heavy atom. The van der Waals surface area contributed by atoms with Crippen LogP contribution in [-0.2, 0) is 26.2 Å². The van der Waals surface area contributed by atoms with Crippen molar-refractivity contribution in [2.24, 2.45) is 0 Å². The van der Waals surface area contributed by atoms with E-state index in [0.717, 1.165) is 0 Å². The fraction of sp³-hybridized carbons (Fsp3) is 0.286. The maximum Gasteiger partial charge on any atom is 2.00 e. The van der Waals surface area contributed by atoms with Crippen LogP contribution in [0.1, 0.15) is 0 Å². The first-order chi connectivity index (χ1) is 11.5. The van der Waals surface area contributed by atoms with E-state index in [1.54, 1.807) is 12.4 Å². The number of rotatable bonds is 0. The normalized spacial score (nSPS) is 14.4. The van der Waals surface area contributed by atoms with E-state index < -0.39 is 0 Å². The number of hydrogen-bond acceptors (Lipinski definition) is 1. The van der Waals surface area contributed by atoms with Gasteiger partial charge in [-0.3, -0.25) is 4.98 Å². The van der Waals surface area contributed by atoms with E-state index in [2.05, 4.69) is 44.3 Å². The molecule has 0 aliphatic heterocycles. The smallest absolute Gasteiger partial charge is 0.265 e. The van der Waals surface area contributed by atoms with Crippen LogP contribution in [0.3, 0.4) is 0 Å². The molecule has 2 aliphatic carbocycles. The van der Waals surface area contributed by atoms with Crippen molar-refractivity contribution in [3.63, 3.8) is 0 Å². The Labute approximate surface area is 182 Å². The van der Waals surface area contributed by atoms with E-state index in [1.807, 2.05) is 82.4 Å². The Hall–Kier alpha value is 0.467. The summed E-state index contributed by atoms with van der Waals surface area (Å²) in [6, 6.07) is 5.72. The molecular formula is C21H33NSi2Zr+2. The van der Waals surface area contributed by atoms with Crippen molar-refractivity contribution in [1.82, 2.24) is 4.98 Å². The van der Waals surface area contributed by atoms with Crippen molar-refractivity contribution in [1.29, 1.82) is 0 Å². The molecule has 2 saturated carbocycles. The predicted molar refractivity (Wildman–Crippen MR) is 114 cm³/mol. The van der Waals surface area contributed by atoms with Gasteiger partial charge in [-0.2, -0.15) is 0 Å². The van der Waals surface area contributed by atoms with Crippen LogP contribution in [0, 0.1) is 64.2 Å². The molecular weight excluding hydrogens is 414 g/mol. The summed E-state index contributed by atoms with van der Waals surface area (Å²) in [6.07, 6.45) is 23.5. The van der Waals surface area contributed by atoms with Gasteiger partial charge in [-0.1, -0.05) is 45.3 Å². The van der Waals surface area contributed by atoms with E-state index in [4.69, 9.17) is 0 Å². The van der Waals surface area contributed by atoms with Gasteiger partial charge in [0.2, 0.25) is 0 Å². The minimum absolute atomic E-state index is 0. The van der Waals surface area contributed by atoms with E-state index in [0.29, 0.717) is 0 Å². The van der Waals surface area contributed by atoms with E-state index in [1.165, 1.54) is 0 Å². The summed E-state index contributed by atoms with van der Waals surface area (Å²) in [6.45, 7) is 13.6. The number of hydrogen-bond donors (Lipinski definition) is 0. The van der Waals surface area contributed by atoms with Gasteiger partial charge in [0.05, 0.1) is 0 Å². The molecule has 2 fully saturated rings. The van der Waals surface area contributed by atoms with Gasteiger partial charge in [0, 0.05) is 30.0 Å². The fourth-order valence-corrected chi connectivity index (χ4v) is 0.954. The molecule has 0 aromatic carbocycles. The van der Waals surface area contributed by atoms with Crippen molar-refractivity contribution in [3.8, 4) is 0 Å². The average molecular weight is 447 g/mol. The molecule has 0 spiro atoms. The van der Waals surface area contributed by atoms with Crippen molar-refractivity contribution in [2.75, 3.05) is 0 Å². The van der Waals surface area contributed by atoms with E-state index in [9.17, 15) is 0 Å². The first-order valence-corrected chi connectivity index (χ1v) is 14.2. The summed E-state index contributed by atoms with van der Waals surface area (Å²) < 4.78 is 0.